The summed E-state index contributed by atoms with van der Waals surface area (Å²) in [6.45, 7) is 0. The Labute approximate surface area is 238 Å². The molecule has 5 atom stereocenters. The molecule has 0 spiro atoms. The summed E-state index contributed by atoms with van der Waals surface area (Å²) in [5, 5.41) is 56.2. The maximum atomic E-state index is 14.8. The zero-order valence-electron chi connectivity index (χ0n) is 22.0. The predicted octanol–water partition coefficient (Wildman–Crippen LogP) is 1.79. The Morgan fingerprint density at radius 1 is 0.977 bits per heavy atom. The summed E-state index contributed by atoms with van der Waals surface area (Å²) < 4.78 is 71.7. The van der Waals surface area contributed by atoms with Crippen molar-refractivity contribution in [3.63, 3.8) is 0 Å². The Bertz CT molecular complexity index is 1740. The number of amides is 1. The molecule has 0 unspecified atom stereocenters. The second-order valence-electron chi connectivity index (χ2n) is 10.5. The Kier molecular flexibility index (Phi) is 6.75. The number of hydrogen-bond donors (Lipinski definition) is 6. The van der Waals surface area contributed by atoms with E-state index in [4.69, 9.17) is 5.73 Å². The number of ketones is 2. The third-order valence-corrected chi connectivity index (χ3v) is 8.08. The number of aliphatic hydroxyl groups excluding tert-OH is 3. The van der Waals surface area contributed by atoms with Crippen LogP contribution in [0.4, 0.5) is 22.0 Å². The summed E-state index contributed by atoms with van der Waals surface area (Å²) >= 11 is 0. The van der Waals surface area contributed by atoms with E-state index in [1.54, 1.807) is 0 Å². The maximum Gasteiger partial charge on any atom is 0.255 e. The minimum atomic E-state index is -3.30. The van der Waals surface area contributed by atoms with Crippen LogP contribution >= 0.6 is 0 Å². The molecule has 0 fully saturated rings. The fourth-order valence-corrected chi connectivity index (χ4v) is 6.22. The molecule has 0 saturated carbocycles. The number of benzene rings is 2. The number of primary amides is 1. The molecule has 2 aromatic rings. The molecule has 1 amide bonds. The highest BCUT2D eigenvalue weighted by Crippen LogP contribution is 2.55. The van der Waals surface area contributed by atoms with Crippen LogP contribution in [0, 0.1) is 40.9 Å². The van der Waals surface area contributed by atoms with Gasteiger partial charge in [0.1, 0.15) is 22.8 Å². The van der Waals surface area contributed by atoms with E-state index in [0.717, 1.165) is 23.1 Å². The molecule has 43 heavy (non-hydrogen) atoms. The predicted molar refractivity (Wildman–Crippen MR) is 135 cm³/mol. The molecule has 15 heteroatoms. The smallest absolute Gasteiger partial charge is 0.255 e. The number of phenols is 1. The number of phenolic OH excluding ortho intramolecular Hbond substituents is 1. The van der Waals surface area contributed by atoms with Gasteiger partial charge in [-0.2, -0.15) is 0 Å². The largest absolute Gasteiger partial charge is 0.510 e. The van der Waals surface area contributed by atoms with E-state index in [0.29, 0.717) is 6.08 Å². The first kappa shape index (κ1) is 29.9. The van der Waals surface area contributed by atoms with Gasteiger partial charge in [0, 0.05) is 5.92 Å². The van der Waals surface area contributed by atoms with Crippen molar-refractivity contribution < 1.29 is 61.9 Å². The quantitative estimate of drug-likeness (QED) is 0.131. The van der Waals surface area contributed by atoms with Gasteiger partial charge in [-0.15, -0.1) is 0 Å². The summed E-state index contributed by atoms with van der Waals surface area (Å²) in [5.41, 5.74) is -3.32. The minimum Gasteiger partial charge on any atom is -0.510 e. The molecule has 0 heterocycles. The number of carbonyl (C=O) groups excluding carboxylic acids is 3. The van der Waals surface area contributed by atoms with Gasteiger partial charge in [-0.05, 0) is 37.4 Å². The molecular formula is C28H21F5N2O8. The number of aromatic hydroxyl groups is 1. The van der Waals surface area contributed by atoms with Crippen molar-refractivity contribution in [2.45, 2.75) is 17.7 Å². The fraction of sp³-hybridized carbons (Fsp3) is 0.250. The van der Waals surface area contributed by atoms with Gasteiger partial charge in [0.2, 0.25) is 11.6 Å². The highest BCUT2D eigenvalue weighted by atomic mass is 19.2. The van der Waals surface area contributed by atoms with E-state index >= 15 is 0 Å². The molecule has 0 bridgehead atoms. The molecular weight excluding hydrogens is 587 g/mol. The van der Waals surface area contributed by atoms with Crippen molar-refractivity contribution in [3.05, 3.63) is 86.6 Å². The van der Waals surface area contributed by atoms with Crippen molar-refractivity contribution in [3.8, 4) is 5.75 Å². The number of aliphatic hydroxyl groups is 4. The molecule has 226 valence electrons. The van der Waals surface area contributed by atoms with Gasteiger partial charge < -0.3 is 31.3 Å². The molecule has 3 aliphatic carbocycles. The van der Waals surface area contributed by atoms with E-state index in [2.05, 4.69) is 0 Å². The lowest BCUT2D eigenvalue weighted by Crippen LogP contribution is -2.68. The lowest BCUT2D eigenvalue weighted by Gasteiger charge is -2.52. The van der Waals surface area contributed by atoms with Crippen molar-refractivity contribution in [2.24, 2.45) is 17.6 Å². The van der Waals surface area contributed by atoms with E-state index < -0.39 is 121 Å². The van der Waals surface area contributed by atoms with Crippen LogP contribution < -0.4 is 5.73 Å². The molecule has 0 saturated heterocycles. The summed E-state index contributed by atoms with van der Waals surface area (Å²) in [6, 6.07) is 1.60. The van der Waals surface area contributed by atoms with Crippen LogP contribution in [0.2, 0.25) is 0 Å². The van der Waals surface area contributed by atoms with Crippen LogP contribution in [0.15, 0.2) is 40.9 Å². The number of halogens is 5. The summed E-state index contributed by atoms with van der Waals surface area (Å²) in [7, 11) is 2.56. The second-order valence-corrected chi connectivity index (χ2v) is 10.5. The number of nitrogens with zero attached hydrogens (tertiary/aromatic N) is 1. The second kappa shape index (κ2) is 9.72. The fourth-order valence-electron chi connectivity index (χ4n) is 6.22. The summed E-state index contributed by atoms with van der Waals surface area (Å²) in [6.07, 6.45) is -1.83. The van der Waals surface area contributed by atoms with Crippen molar-refractivity contribution >= 4 is 29.1 Å². The Morgan fingerprint density at radius 3 is 2.07 bits per heavy atom. The maximum absolute atomic E-state index is 14.8. The number of carbonyl (C=O) groups is 3. The Morgan fingerprint density at radius 2 is 1.53 bits per heavy atom. The molecule has 0 aromatic heterocycles. The monoisotopic (exact) mass is 608 g/mol. The lowest BCUT2D eigenvalue weighted by atomic mass is 9.56. The van der Waals surface area contributed by atoms with E-state index in [9.17, 15) is 61.9 Å². The zero-order valence-corrected chi connectivity index (χ0v) is 22.0. The number of rotatable bonds is 3. The molecule has 3 aliphatic rings. The van der Waals surface area contributed by atoms with Crippen LogP contribution in [0.3, 0.4) is 0 Å². The third-order valence-electron chi connectivity index (χ3n) is 8.08. The average molecular weight is 608 g/mol. The van der Waals surface area contributed by atoms with Crippen LogP contribution in [-0.4, -0.2) is 79.7 Å². The first-order chi connectivity index (χ1) is 20.0. The first-order valence-corrected chi connectivity index (χ1v) is 12.4. The lowest BCUT2D eigenvalue weighted by molar-refractivity contribution is -0.159. The van der Waals surface area contributed by atoms with Gasteiger partial charge in [-0.3, -0.25) is 19.3 Å². The van der Waals surface area contributed by atoms with Gasteiger partial charge in [-0.25, -0.2) is 22.0 Å². The molecule has 0 aliphatic heterocycles. The molecule has 7 N–H and O–H groups in total. The highest BCUT2D eigenvalue weighted by Gasteiger charge is 2.67. The number of fused-ring (bicyclic) bond motifs is 3. The number of likely N-dealkylation sites (N-methyl/N-ethyl adjacent to an activating group) is 1. The standard InChI is InChI=1S/C28H21F5N2O8/c1-35(2)21-15-23(38)12-8(6-9-16(29)18(31)20(33)19(32)17(9)30)7-4-3-5-10(36)11(7)22(37)13(12)25(40)28(15,43)26(41)14(24(21)39)27(34)42/h3-6,12,15,21,23,36,38-40,43H,1-2H3,(H2,34,42)/b8-6+/t12-,15-,21+,23+,28+/m1/s1. The molecule has 0 radical (unpaired) electrons. The number of hydrogen-bond acceptors (Lipinski definition) is 9. The Balaban J connectivity index is 1.92. The Hall–Kier alpha value is -4.60. The van der Waals surface area contributed by atoms with Crippen molar-refractivity contribution in [1.82, 2.24) is 4.90 Å². The van der Waals surface area contributed by atoms with Crippen LogP contribution in [0.25, 0.3) is 11.6 Å². The van der Waals surface area contributed by atoms with Gasteiger partial charge in [0.15, 0.2) is 34.7 Å². The van der Waals surface area contributed by atoms with Crippen molar-refractivity contribution in [2.75, 3.05) is 14.1 Å². The summed E-state index contributed by atoms with van der Waals surface area (Å²) in [4.78, 5) is 40.4. The number of nitrogens with two attached hydrogens (primary N) is 1. The molecule has 10 nitrogen and oxygen atoms in total. The minimum absolute atomic E-state index is 0.360. The SMILES string of the molecule is CN(C)[C@@H]1C(O)=C(C(N)=O)C(=O)[C@@]2(O)C(O)=C3C(=O)c4c(O)cccc4/C(=C\c4c(F)c(F)c(F)c(F)c4F)[C@H]3[C@H](O)[C@@H]12. The highest BCUT2D eigenvalue weighted by molar-refractivity contribution is 6.25. The molecule has 5 rings (SSSR count). The van der Waals surface area contributed by atoms with Gasteiger partial charge in [0.05, 0.1) is 34.8 Å². The van der Waals surface area contributed by atoms with Crippen molar-refractivity contribution in [1.29, 1.82) is 0 Å². The number of Topliss-reactive ketones (excluding diaryl/α,β-unsaturated/α-hetero) is 2. The van der Waals surface area contributed by atoms with E-state index in [1.165, 1.54) is 14.1 Å². The van der Waals surface area contributed by atoms with Gasteiger partial charge in [0.25, 0.3) is 5.91 Å². The van der Waals surface area contributed by atoms with Crippen LogP contribution in [-0.2, 0) is 9.59 Å². The van der Waals surface area contributed by atoms with E-state index in [-0.39, 0.29) is 5.56 Å². The topological polar surface area (TPSA) is 182 Å². The van der Waals surface area contributed by atoms with Gasteiger partial charge in [-0.1, -0.05) is 12.1 Å². The van der Waals surface area contributed by atoms with Gasteiger partial charge >= 0.3 is 0 Å². The normalized spacial score (nSPS) is 27.9. The first-order valence-electron chi connectivity index (χ1n) is 12.4. The van der Waals surface area contributed by atoms with Crippen LogP contribution in [0.1, 0.15) is 21.5 Å². The van der Waals surface area contributed by atoms with E-state index in [1.807, 2.05) is 0 Å². The average Bonchev–Trinajstić information content (AvgIpc) is 2.93. The van der Waals surface area contributed by atoms with Crippen LogP contribution in [0.5, 0.6) is 5.75 Å². The molecule has 2 aromatic carbocycles. The zero-order chi connectivity index (χ0) is 32.0. The third kappa shape index (κ3) is 3.78. The summed E-state index contributed by atoms with van der Waals surface area (Å²) in [5.74, 6) is -23.4.